The van der Waals surface area contributed by atoms with Gasteiger partial charge in [-0.05, 0) is 18.9 Å². The highest BCUT2D eigenvalue weighted by atomic mass is 32.2. The molecule has 0 amide bonds. The molecular weight excluding hydrogens is 316 g/mol. The predicted molar refractivity (Wildman–Crippen MR) is 72.9 cm³/mol. The lowest BCUT2D eigenvalue weighted by Crippen LogP contribution is -2.13. The fourth-order valence-corrected chi connectivity index (χ4v) is 2.12. The summed E-state index contributed by atoms with van der Waals surface area (Å²) < 4.78 is 60.7. The summed E-state index contributed by atoms with van der Waals surface area (Å²) in [4.78, 5) is -0.0702. The maximum absolute atomic E-state index is 13.4. The minimum absolute atomic E-state index is 0.206. The van der Waals surface area contributed by atoms with Gasteiger partial charge in [0.1, 0.15) is 10.6 Å². The maximum Gasteiger partial charge on any atom is 0.186 e. The molecule has 0 saturated heterocycles. The molecule has 0 spiro atoms. The smallest absolute Gasteiger partial charge is 0.186 e. The molecule has 1 aromatic carbocycles. The van der Waals surface area contributed by atoms with Crippen molar-refractivity contribution < 1.29 is 21.7 Å². The van der Waals surface area contributed by atoms with E-state index in [0.29, 0.717) is 11.9 Å². The monoisotopic (exact) mass is 328 g/mol. The summed E-state index contributed by atoms with van der Waals surface area (Å²) in [5.74, 6) is -6.28. The Bertz CT molecular complexity index is 485. The third-order valence-corrected chi connectivity index (χ3v) is 3.40. The number of benzene rings is 1. The normalized spacial score (nSPS) is 10.8. The highest BCUT2D eigenvalue weighted by Crippen LogP contribution is 2.31. The fourth-order valence-electron chi connectivity index (χ4n) is 1.07. The van der Waals surface area contributed by atoms with Crippen molar-refractivity contribution >= 4 is 29.7 Å². The van der Waals surface area contributed by atoms with Crippen molar-refractivity contribution in [3.05, 3.63) is 34.8 Å². The molecule has 9 heteroatoms. The molecule has 0 aliphatic carbocycles. The van der Waals surface area contributed by atoms with E-state index in [4.69, 9.17) is 9.92 Å². The van der Waals surface area contributed by atoms with Crippen LogP contribution in [0.1, 0.15) is 6.92 Å². The number of anilines is 1. The molecule has 3 nitrogen and oxygen atoms in total. The van der Waals surface area contributed by atoms with E-state index in [0.717, 1.165) is 16.9 Å². The van der Waals surface area contributed by atoms with E-state index < -0.39 is 33.9 Å². The van der Waals surface area contributed by atoms with Crippen LogP contribution in [-0.4, -0.2) is 13.2 Å². The van der Waals surface area contributed by atoms with E-state index in [1.165, 1.54) is 0 Å². The fraction of sp³-hybridized carbons (Fsp3) is 0.273. The Morgan fingerprint density at radius 1 is 1.20 bits per heavy atom. The molecule has 20 heavy (non-hydrogen) atoms. The zero-order valence-corrected chi connectivity index (χ0v) is 12.1. The van der Waals surface area contributed by atoms with Crippen LogP contribution in [0.15, 0.2) is 16.4 Å². The number of rotatable bonds is 7. The molecule has 1 rings (SSSR count). The van der Waals surface area contributed by atoms with E-state index in [-0.39, 0.29) is 13.2 Å². The van der Waals surface area contributed by atoms with Crippen molar-refractivity contribution in [3.63, 3.8) is 0 Å². The molecule has 0 atom stereocenters. The van der Waals surface area contributed by atoms with Crippen LogP contribution in [-0.2, 0) is 4.18 Å². The summed E-state index contributed by atoms with van der Waals surface area (Å²) in [6.45, 7) is 5.76. The number of halogens is 4. The predicted octanol–water partition coefficient (Wildman–Crippen LogP) is 3.62. The topological polar surface area (TPSA) is 47.3 Å². The van der Waals surface area contributed by atoms with E-state index >= 15 is 0 Å². The zero-order chi connectivity index (χ0) is 15.3. The lowest BCUT2D eigenvalue weighted by Gasteiger charge is -2.09. The minimum Gasteiger partial charge on any atom is -0.394 e. The molecule has 0 aromatic heterocycles. The van der Waals surface area contributed by atoms with Crippen LogP contribution in [0.4, 0.5) is 23.2 Å². The largest absolute Gasteiger partial charge is 0.394 e. The van der Waals surface area contributed by atoms with Gasteiger partial charge in [0.05, 0.1) is 6.61 Å². The Morgan fingerprint density at radius 3 is 2.25 bits per heavy atom. The van der Waals surface area contributed by atoms with Gasteiger partial charge < -0.3 is 9.92 Å². The second-order valence-electron chi connectivity index (χ2n) is 3.60. The summed E-state index contributed by atoms with van der Waals surface area (Å²) in [5.41, 5.74) is 3.71. The lowest BCUT2D eigenvalue weighted by atomic mass is 10.2. The molecular formula is C11H12F4N2OS2. The summed E-state index contributed by atoms with van der Waals surface area (Å²) in [6, 6.07) is 0. The first-order valence-corrected chi connectivity index (χ1v) is 6.88. The number of hydrogen-bond acceptors (Lipinski definition) is 5. The van der Waals surface area contributed by atoms with Gasteiger partial charge in [-0.1, -0.05) is 6.58 Å². The van der Waals surface area contributed by atoms with Crippen LogP contribution in [0.3, 0.4) is 0 Å². The highest BCUT2D eigenvalue weighted by molar-refractivity contribution is 7.98. The van der Waals surface area contributed by atoms with Crippen LogP contribution in [0.5, 0.6) is 0 Å². The molecule has 1 aromatic rings. The third-order valence-electron chi connectivity index (χ3n) is 1.92. The molecule has 0 aliphatic rings. The van der Waals surface area contributed by atoms with Crippen molar-refractivity contribution in [2.75, 3.05) is 18.9 Å². The van der Waals surface area contributed by atoms with Crippen molar-refractivity contribution in [2.45, 2.75) is 11.8 Å². The quantitative estimate of drug-likeness (QED) is 0.200. The average Bonchev–Trinajstić information content (AvgIpc) is 2.41. The third kappa shape index (κ3) is 4.30. The number of nitrogens with two attached hydrogens (primary N) is 1. The number of nitrogens with one attached hydrogen (secondary N) is 1. The van der Waals surface area contributed by atoms with Gasteiger partial charge >= 0.3 is 0 Å². The first-order chi connectivity index (χ1) is 9.36. The van der Waals surface area contributed by atoms with E-state index in [1.54, 1.807) is 6.92 Å². The van der Waals surface area contributed by atoms with Crippen molar-refractivity contribution in [1.29, 1.82) is 0 Å². The molecule has 0 fully saturated rings. The van der Waals surface area contributed by atoms with Crippen molar-refractivity contribution in [2.24, 2.45) is 0 Å². The van der Waals surface area contributed by atoms with Gasteiger partial charge in [0.15, 0.2) is 23.3 Å². The standard InChI is InChI=1S/C11H12F4N2OS2/c1-5(2)20-18-4-3-17-19-11-8(14)6(12)10(16)7(13)9(11)15/h17H,1,3-4,16H2,2H3. The summed E-state index contributed by atoms with van der Waals surface area (Å²) >= 11 is 1.48. The molecule has 0 aliphatic heterocycles. The van der Waals surface area contributed by atoms with Crippen LogP contribution in [0.2, 0.25) is 0 Å². The van der Waals surface area contributed by atoms with Gasteiger partial charge in [0.2, 0.25) is 0 Å². The summed E-state index contributed by atoms with van der Waals surface area (Å²) in [7, 11) is 0. The van der Waals surface area contributed by atoms with Crippen LogP contribution in [0.25, 0.3) is 0 Å². The second kappa shape index (κ2) is 7.77. The second-order valence-corrected chi connectivity index (χ2v) is 5.60. The van der Waals surface area contributed by atoms with Gasteiger partial charge in [-0.3, -0.25) is 4.72 Å². The van der Waals surface area contributed by atoms with Crippen molar-refractivity contribution in [1.82, 2.24) is 4.72 Å². The van der Waals surface area contributed by atoms with E-state index in [2.05, 4.69) is 11.3 Å². The molecule has 0 radical (unpaired) electrons. The van der Waals surface area contributed by atoms with Crippen molar-refractivity contribution in [3.8, 4) is 0 Å². The number of allylic oxidation sites excluding steroid dienone is 1. The van der Waals surface area contributed by atoms with Gasteiger partial charge in [-0.25, -0.2) is 17.6 Å². The Kier molecular flexibility index (Phi) is 6.66. The molecule has 0 bridgehead atoms. The first-order valence-electron chi connectivity index (χ1n) is 5.32. The van der Waals surface area contributed by atoms with Gasteiger partial charge in [-0.2, -0.15) is 0 Å². The van der Waals surface area contributed by atoms with Gasteiger partial charge in [0, 0.05) is 23.5 Å². The highest BCUT2D eigenvalue weighted by Gasteiger charge is 2.24. The Hall–Kier alpha value is -0.900. The molecule has 3 N–H and O–H groups in total. The Morgan fingerprint density at radius 2 is 1.75 bits per heavy atom. The van der Waals surface area contributed by atoms with Gasteiger partial charge in [-0.15, -0.1) is 0 Å². The lowest BCUT2D eigenvalue weighted by molar-refractivity contribution is 0.383. The SMILES string of the molecule is C=C(C)SOCCNSc1c(F)c(F)c(N)c(F)c1F. The first kappa shape index (κ1) is 17.2. The maximum atomic E-state index is 13.4. The minimum atomic E-state index is -1.61. The van der Waals surface area contributed by atoms with Crippen LogP contribution < -0.4 is 10.5 Å². The van der Waals surface area contributed by atoms with E-state index in [9.17, 15) is 17.6 Å². The van der Waals surface area contributed by atoms with Crippen LogP contribution >= 0.6 is 24.0 Å². The van der Waals surface area contributed by atoms with Gasteiger partial charge in [0.25, 0.3) is 0 Å². The zero-order valence-electron chi connectivity index (χ0n) is 10.4. The van der Waals surface area contributed by atoms with E-state index in [1.807, 2.05) is 0 Å². The molecule has 0 unspecified atom stereocenters. The molecule has 0 saturated carbocycles. The van der Waals surface area contributed by atoms with Crippen LogP contribution in [0, 0.1) is 23.3 Å². The number of hydrogen-bond donors (Lipinski definition) is 2. The Labute approximate surface area is 122 Å². The average molecular weight is 328 g/mol. The summed E-state index contributed by atoms with van der Waals surface area (Å²) in [5, 5.41) is 0. The number of nitrogen functional groups attached to an aromatic ring is 1. The Balaban J connectivity index is 2.59. The summed E-state index contributed by atoms with van der Waals surface area (Å²) in [6.07, 6.45) is 0. The molecule has 112 valence electrons. The molecule has 0 heterocycles.